The molecule has 1 heterocycles. The molecule has 2 aromatic carbocycles. The standard InChI is InChI=1S/C15H11Cl2NS/c16-11-5-3-4-10(8-11)12(17)9-15-18-13-6-1-2-7-14(13)19-15/h1-8,12H,9H2. The lowest BCUT2D eigenvalue weighted by Crippen LogP contribution is -1.95. The number of hydrogen-bond donors (Lipinski definition) is 0. The first-order valence-corrected chi connectivity index (χ1v) is 7.59. The molecule has 0 aliphatic carbocycles. The largest absolute Gasteiger partial charge is 0.241 e. The summed E-state index contributed by atoms with van der Waals surface area (Å²) in [5.74, 6) is 0. The van der Waals surface area contributed by atoms with Crippen LogP contribution in [0.2, 0.25) is 5.02 Å². The monoisotopic (exact) mass is 307 g/mol. The maximum atomic E-state index is 6.45. The summed E-state index contributed by atoms with van der Waals surface area (Å²) in [6.07, 6.45) is 0.723. The molecule has 1 atom stereocenters. The van der Waals surface area contributed by atoms with Crippen molar-refractivity contribution in [3.05, 3.63) is 64.1 Å². The van der Waals surface area contributed by atoms with Crippen LogP contribution in [0.25, 0.3) is 10.2 Å². The summed E-state index contributed by atoms with van der Waals surface area (Å²) < 4.78 is 1.20. The molecule has 19 heavy (non-hydrogen) atoms. The van der Waals surface area contributed by atoms with Crippen LogP contribution in [0.5, 0.6) is 0 Å². The Morgan fingerprint density at radius 1 is 1.11 bits per heavy atom. The van der Waals surface area contributed by atoms with Crippen LogP contribution in [0, 0.1) is 0 Å². The molecule has 1 unspecified atom stereocenters. The van der Waals surface area contributed by atoms with Gasteiger partial charge < -0.3 is 0 Å². The number of hydrogen-bond acceptors (Lipinski definition) is 2. The van der Waals surface area contributed by atoms with Crippen molar-refractivity contribution >= 4 is 44.8 Å². The Hall–Kier alpha value is -1.09. The Kier molecular flexibility index (Phi) is 3.74. The second-order valence-corrected chi connectivity index (χ2v) is 6.38. The molecule has 0 spiro atoms. The van der Waals surface area contributed by atoms with E-state index in [1.807, 2.05) is 42.5 Å². The van der Waals surface area contributed by atoms with Gasteiger partial charge in [0.15, 0.2) is 0 Å². The predicted octanol–water partition coefficient (Wildman–Crippen LogP) is 5.47. The third kappa shape index (κ3) is 2.92. The number of thiazole rings is 1. The van der Waals surface area contributed by atoms with E-state index in [9.17, 15) is 0 Å². The van der Waals surface area contributed by atoms with Crippen molar-refractivity contribution < 1.29 is 0 Å². The van der Waals surface area contributed by atoms with E-state index < -0.39 is 0 Å². The van der Waals surface area contributed by atoms with Gasteiger partial charge in [0.1, 0.15) is 0 Å². The fourth-order valence-electron chi connectivity index (χ4n) is 1.98. The van der Waals surface area contributed by atoms with Crippen LogP contribution in [-0.2, 0) is 6.42 Å². The summed E-state index contributed by atoms with van der Waals surface area (Å²) in [7, 11) is 0. The molecule has 96 valence electrons. The number of rotatable bonds is 3. The summed E-state index contributed by atoms with van der Waals surface area (Å²) in [5.41, 5.74) is 2.07. The zero-order valence-electron chi connectivity index (χ0n) is 10.0. The number of aromatic nitrogens is 1. The van der Waals surface area contributed by atoms with E-state index in [2.05, 4.69) is 11.1 Å². The van der Waals surface area contributed by atoms with Gasteiger partial charge >= 0.3 is 0 Å². The fraction of sp³-hybridized carbons (Fsp3) is 0.133. The van der Waals surface area contributed by atoms with E-state index in [1.54, 1.807) is 11.3 Å². The van der Waals surface area contributed by atoms with Crippen molar-refractivity contribution in [1.29, 1.82) is 0 Å². The quantitative estimate of drug-likeness (QED) is 0.584. The van der Waals surface area contributed by atoms with Gasteiger partial charge in [-0.05, 0) is 29.8 Å². The summed E-state index contributed by atoms with van der Waals surface area (Å²) in [6.45, 7) is 0. The van der Waals surface area contributed by atoms with Crippen molar-refractivity contribution in [2.75, 3.05) is 0 Å². The van der Waals surface area contributed by atoms with E-state index in [1.165, 1.54) is 4.70 Å². The maximum Gasteiger partial charge on any atom is 0.0956 e. The number of para-hydroxylation sites is 1. The van der Waals surface area contributed by atoms with Gasteiger partial charge in [-0.2, -0.15) is 0 Å². The molecule has 3 aromatic rings. The molecule has 3 rings (SSSR count). The van der Waals surface area contributed by atoms with E-state index in [0.717, 1.165) is 22.5 Å². The molecule has 0 N–H and O–H groups in total. The average Bonchev–Trinajstić information content (AvgIpc) is 2.80. The Morgan fingerprint density at radius 2 is 1.95 bits per heavy atom. The molecule has 4 heteroatoms. The van der Waals surface area contributed by atoms with Crippen molar-refractivity contribution in [2.45, 2.75) is 11.8 Å². The van der Waals surface area contributed by atoms with Crippen molar-refractivity contribution in [2.24, 2.45) is 0 Å². The smallest absolute Gasteiger partial charge is 0.0956 e. The molecule has 1 aromatic heterocycles. The highest BCUT2D eigenvalue weighted by Gasteiger charge is 2.12. The molecule has 0 amide bonds. The van der Waals surface area contributed by atoms with Crippen molar-refractivity contribution in [3.63, 3.8) is 0 Å². The topological polar surface area (TPSA) is 12.9 Å². The van der Waals surface area contributed by atoms with E-state index in [-0.39, 0.29) is 5.38 Å². The SMILES string of the molecule is Clc1cccc(C(Cl)Cc2nc3ccccc3s2)c1. The molecule has 1 nitrogen and oxygen atoms in total. The van der Waals surface area contributed by atoms with Gasteiger partial charge in [0.2, 0.25) is 0 Å². The molecular weight excluding hydrogens is 297 g/mol. The highest BCUT2D eigenvalue weighted by atomic mass is 35.5. The van der Waals surface area contributed by atoms with E-state index in [4.69, 9.17) is 23.2 Å². The van der Waals surface area contributed by atoms with Crippen LogP contribution in [0.3, 0.4) is 0 Å². The number of fused-ring (bicyclic) bond motifs is 1. The third-order valence-corrected chi connectivity index (χ3v) is 4.60. The minimum Gasteiger partial charge on any atom is -0.241 e. The first-order chi connectivity index (χ1) is 9.22. The highest BCUT2D eigenvalue weighted by molar-refractivity contribution is 7.18. The van der Waals surface area contributed by atoms with Crippen LogP contribution < -0.4 is 0 Å². The van der Waals surface area contributed by atoms with Crippen LogP contribution in [-0.4, -0.2) is 4.98 Å². The molecule has 0 radical (unpaired) electrons. The minimum absolute atomic E-state index is 0.0979. The van der Waals surface area contributed by atoms with Crippen molar-refractivity contribution in [3.8, 4) is 0 Å². The summed E-state index contributed by atoms with van der Waals surface area (Å²) in [6, 6.07) is 15.8. The lowest BCUT2D eigenvalue weighted by atomic mass is 10.1. The Bertz CT molecular complexity index is 675. The van der Waals surface area contributed by atoms with E-state index in [0.29, 0.717) is 5.02 Å². The maximum absolute atomic E-state index is 6.45. The molecule has 0 bridgehead atoms. The molecule has 0 aliphatic rings. The Balaban J connectivity index is 1.84. The first-order valence-electron chi connectivity index (χ1n) is 5.96. The van der Waals surface area contributed by atoms with Gasteiger partial charge in [-0.25, -0.2) is 4.98 Å². The zero-order chi connectivity index (χ0) is 13.2. The lowest BCUT2D eigenvalue weighted by Gasteiger charge is -2.07. The number of halogens is 2. The van der Waals surface area contributed by atoms with Gasteiger partial charge in [-0.3, -0.25) is 0 Å². The van der Waals surface area contributed by atoms with Gasteiger partial charge in [-0.1, -0.05) is 35.9 Å². The first kappa shape index (κ1) is 12.9. The van der Waals surface area contributed by atoms with Gasteiger partial charge in [0, 0.05) is 11.4 Å². The second kappa shape index (κ2) is 5.49. The van der Waals surface area contributed by atoms with Crippen molar-refractivity contribution in [1.82, 2.24) is 4.98 Å². The molecular formula is C15H11Cl2NS. The summed E-state index contributed by atoms with van der Waals surface area (Å²) in [4.78, 5) is 4.60. The Morgan fingerprint density at radius 3 is 2.74 bits per heavy atom. The van der Waals surface area contributed by atoms with Crippen LogP contribution >= 0.6 is 34.5 Å². The highest BCUT2D eigenvalue weighted by Crippen LogP contribution is 2.30. The molecule has 0 saturated heterocycles. The normalized spacial score (nSPS) is 12.7. The minimum atomic E-state index is -0.0979. The van der Waals surface area contributed by atoms with Gasteiger partial charge in [0.25, 0.3) is 0 Å². The average molecular weight is 308 g/mol. The molecule has 0 fully saturated rings. The third-order valence-electron chi connectivity index (χ3n) is 2.90. The summed E-state index contributed by atoms with van der Waals surface area (Å²) in [5, 5.41) is 1.67. The number of benzene rings is 2. The fourth-order valence-corrected chi connectivity index (χ4v) is 3.56. The zero-order valence-corrected chi connectivity index (χ0v) is 12.3. The van der Waals surface area contributed by atoms with Crippen LogP contribution in [0.4, 0.5) is 0 Å². The second-order valence-electron chi connectivity index (χ2n) is 4.30. The van der Waals surface area contributed by atoms with Crippen LogP contribution in [0.1, 0.15) is 15.9 Å². The Labute approximate surface area is 125 Å². The van der Waals surface area contributed by atoms with Gasteiger partial charge in [-0.15, -0.1) is 22.9 Å². The molecule has 0 saturated carbocycles. The number of nitrogens with zero attached hydrogens (tertiary/aromatic N) is 1. The van der Waals surface area contributed by atoms with Crippen LogP contribution in [0.15, 0.2) is 48.5 Å². The van der Waals surface area contributed by atoms with E-state index >= 15 is 0 Å². The molecule has 0 aliphatic heterocycles. The summed E-state index contributed by atoms with van der Waals surface area (Å²) >= 11 is 14.1. The number of alkyl halides is 1. The lowest BCUT2D eigenvalue weighted by molar-refractivity contribution is 0.911. The van der Waals surface area contributed by atoms with Gasteiger partial charge in [0.05, 0.1) is 20.6 Å². The predicted molar refractivity (Wildman–Crippen MR) is 83.4 cm³/mol.